The SMILES string of the molecule is CN(CCNc1cc(F)c(I)cc1[N+](=O)[O-])C1CC1. The summed E-state index contributed by atoms with van der Waals surface area (Å²) in [4.78, 5) is 12.6. The summed E-state index contributed by atoms with van der Waals surface area (Å²) >= 11 is 1.75. The zero-order valence-electron chi connectivity index (χ0n) is 10.5. The number of rotatable bonds is 6. The number of hydrogen-bond acceptors (Lipinski definition) is 4. The summed E-state index contributed by atoms with van der Waals surface area (Å²) in [5.74, 6) is -0.441. The van der Waals surface area contributed by atoms with Gasteiger partial charge in [0.25, 0.3) is 5.69 Å². The monoisotopic (exact) mass is 379 g/mol. The van der Waals surface area contributed by atoms with Gasteiger partial charge < -0.3 is 10.2 Å². The fraction of sp³-hybridized carbons (Fsp3) is 0.500. The van der Waals surface area contributed by atoms with Gasteiger partial charge in [0.2, 0.25) is 0 Å². The van der Waals surface area contributed by atoms with Crippen molar-refractivity contribution in [2.24, 2.45) is 0 Å². The molecule has 0 amide bonds. The molecule has 1 aromatic carbocycles. The normalized spacial score (nSPS) is 14.7. The second-order valence-electron chi connectivity index (χ2n) is 4.68. The highest BCUT2D eigenvalue weighted by Crippen LogP contribution is 2.29. The summed E-state index contributed by atoms with van der Waals surface area (Å²) < 4.78 is 13.7. The second-order valence-corrected chi connectivity index (χ2v) is 5.84. The number of likely N-dealkylation sites (N-methyl/N-ethyl adjacent to an activating group) is 1. The number of nitro groups is 1. The van der Waals surface area contributed by atoms with Crippen molar-refractivity contribution in [2.45, 2.75) is 18.9 Å². The van der Waals surface area contributed by atoms with Gasteiger partial charge in [-0.05, 0) is 42.5 Å². The van der Waals surface area contributed by atoms with Crippen molar-refractivity contribution in [2.75, 3.05) is 25.5 Å². The van der Waals surface area contributed by atoms with Crippen molar-refractivity contribution < 1.29 is 9.31 Å². The molecule has 0 radical (unpaired) electrons. The Bertz CT molecular complexity index is 494. The topological polar surface area (TPSA) is 58.4 Å². The van der Waals surface area contributed by atoms with Gasteiger partial charge in [0, 0.05) is 31.3 Å². The van der Waals surface area contributed by atoms with Crippen molar-refractivity contribution in [1.29, 1.82) is 0 Å². The summed E-state index contributed by atoms with van der Waals surface area (Å²) in [7, 11) is 2.03. The van der Waals surface area contributed by atoms with E-state index < -0.39 is 10.7 Å². The zero-order valence-corrected chi connectivity index (χ0v) is 12.7. The molecule has 0 atom stereocenters. The lowest BCUT2D eigenvalue weighted by atomic mass is 10.2. The average molecular weight is 379 g/mol. The van der Waals surface area contributed by atoms with E-state index in [0.717, 1.165) is 6.54 Å². The number of nitrogens with one attached hydrogen (secondary N) is 1. The lowest BCUT2D eigenvalue weighted by Gasteiger charge is -2.16. The van der Waals surface area contributed by atoms with E-state index in [4.69, 9.17) is 0 Å². The first-order valence-corrected chi connectivity index (χ1v) is 7.14. The van der Waals surface area contributed by atoms with Crippen molar-refractivity contribution >= 4 is 34.0 Å². The van der Waals surface area contributed by atoms with Gasteiger partial charge in [-0.3, -0.25) is 10.1 Å². The maximum absolute atomic E-state index is 13.5. The van der Waals surface area contributed by atoms with Crippen LogP contribution < -0.4 is 5.32 Å². The highest BCUT2D eigenvalue weighted by molar-refractivity contribution is 14.1. The molecule has 0 aromatic heterocycles. The Hall–Kier alpha value is -0.960. The van der Waals surface area contributed by atoms with E-state index in [2.05, 4.69) is 10.2 Å². The van der Waals surface area contributed by atoms with Gasteiger partial charge in [0.1, 0.15) is 11.5 Å². The third-order valence-electron chi connectivity index (χ3n) is 3.19. The van der Waals surface area contributed by atoms with Crippen LogP contribution in [0, 0.1) is 19.5 Å². The molecule has 2 rings (SSSR count). The summed E-state index contributed by atoms with van der Waals surface area (Å²) in [5.41, 5.74) is 0.159. The number of anilines is 1. The molecule has 1 saturated carbocycles. The minimum Gasteiger partial charge on any atom is -0.378 e. The molecular formula is C12H15FIN3O2. The Morgan fingerprint density at radius 3 is 2.84 bits per heavy atom. The van der Waals surface area contributed by atoms with Gasteiger partial charge in [-0.15, -0.1) is 0 Å². The minimum atomic E-state index is -0.492. The smallest absolute Gasteiger partial charge is 0.293 e. The van der Waals surface area contributed by atoms with Crippen molar-refractivity contribution in [1.82, 2.24) is 4.90 Å². The van der Waals surface area contributed by atoms with Crippen LogP contribution in [-0.2, 0) is 0 Å². The summed E-state index contributed by atoms with van der Waals surface area (Å²) in [6.07, 6.45) is 2.43. The Morgan fingerprint density at radius 2 is 2.26 bits per heavy atom. The largest absolute Gasteiger partial charge is 0.378 e. The van der Waals surface area contributed by atoms with Crippen molar-refractivity contribution in [3.05, 3.63) is 31.6 Å². The number of benzene rings is 1. The van der Waals surface area contributed by atoms with Gasteiger partial charge in [-0.1, -0.05) is 0 Å². The quantitative estimate of drug-likeness (QED) is 0.469. The molecule has 0 unspecified atom stereocenters. The molecule has 7 heteroatoms. The van der Waals surface area contributed by atoms with E-state index in [-0.39, 0.29) is 14.9 Å². The Balaban J connectivity index is 2.01. The molecule has 1 fully saturated rings. The summed E-state index contributed by atoms with van der Waals surface area (Å²) in [5, 5.41) is 13.9. The lowest BCUT2D eigenvalue weighted by molar-refractivity contribution is -0.384. The molecule has 0 heterocycles. The molecule has 1 aliphatic rings. The van der Waals surface area contributed by atoms with E-state index in [1.807, 2.05) is 7.05 Å². The fourth-order valence-corrected chi connectivity index (χ4v) is 2.34. The van der Waals surface area contributed by atoms with Gasteiger partial charge >= 0.3 is 0 Å². The van der Waals surface area contributed by atoms with E-state index in [9.17, 15) is 14.5 Å². The van der Waals surface area contributed by atoms with Gasteiger partial charge in [-0.2, -0.15) is 0 Å². The number of nitro benzene ring substituents is 1. The predicted octanol–water partition coefficient (Wildman–Crippen LogP) is 2.84. The summed E-state index contributed by atoms with van der Waals surface area (Å²) in [6.45, 7) is 1.35. The van der Waals surface area contributed by atoms with E-state index in [1.54, 1.807) is 22.6 Å². The molecule has 0 bridgehead atoms. The van der Waals surface area contributed by atoms with Crippen LogP contribution in [0.1, 0.15) is 12.8 Å². The fourth-order valence-electron chi connectivity index (χ4n) is 1.89. The van der Waals surface area contributed by atoms with Crippen LogP contribution in [-0.4, -0.2) is 36.0 Å². The maximum atomic E-state index is 13.5. The first-order valence-electron chi connectivity index (χ1n) is 6.06. The minimum absolute atomic E-state index is 0.0834. The van der Waals surface area contributed by atoms with Crippen LogP contribution in [0.5, 0.6) is 0 Å². The highest BCUT2D eigenvalue weighted by Gasteiger charge is 2.25. The van der Waals surface area contributed by atoms with Crippen LogP contribution in [0.2, 0.25) is 0 Å². The molecule has 0 aliphatic heterocycles. The number of hydrogen-bond donors (Lipinski definition) is 1. The van der Waals surface area contributed by atoms with Crippen LogP contribution in [0.15, 0.2) is 12.1 Å². The van der Waals surface area contributed by atoms with Crippen molar-refractivity contribution in [3.8, 4) is 0 Å². The molecule has 5 nitrogen and oxygen atoms in total. The molecule has 104 valence electrons. The standard InChI is InChI=1S/C12H15FIN3O2/c1-16(8-2-3-8)5-4-15-11-6-9(13)10(14)7-12(11)17(18)19/h6-8,15H,2-5H2,1H3. The average Bonchev–Trinajstić information content (AvgIpc) is 3.16. The Morgan fingerprint density at radius 1 is 1.58 bits per heavy atom. The molecular weight excluding hydrogens is 364 g/mol. The zero-order chi connectivity index (χ0) is 14.0. The predicted molar refractivity (Wildman–Crippen MR) is 79.9 cm³/mol. The Kier molecular flexibility index (Phi) is 4.56. The number of halogens is 2. The first kappa shape index (κ1) is 14.4. The van der Waals surface area contributed by atoms with Crippen LogP contribution >= 0.6 is 22.6 Å². The first-order chi connectivity index (χ1) is 8.99. The van der Waals surface area contributed by atoms with Gasteiger partial charge in [0.05, 0.1) is 8.49 Å². The third kappa shape index (κ3) is 3.75. The van der Waals surface area contributed by atoms with Crippen LogP contribution in [0.25, 0.3) is 0 Å². The molecule has 0 spiro atoms. The van der Waals surface area contributed by atoms with E-state index in [1.165, 1.54) is 25.0 Å². The Labute approximate surface area is 124 Å². The lowest BCUT2D eigenvalue weighted by Crippen LogP contribution is -2.27. The van der Waals surface area contributed by atoms with Crippen LogP contribution in [0.4, 0.5) is 15.8 Å². The molecule has 1 aromatic rings. The third-order valence-corrected chi connectivity index (χ3v) is 4.01. The molecule has 1 aliphatic carbocycles. The number of nitrogens with zero attached hydrogens (tertiary/aromatic N) is 2. The molecule has 19 heavy (non-hydrogen) atoms. The van der Waals surface area contributed by atoms with E-state index in [0.29, 0.717) is 12.6 Å². The molecule has 0 saturated heterocycles. The van der Waals surface area contributed by atoms with Crippen LogP contribution in [0.3, 0.4) is 0 Å². The highest BCUT2D eigenvalue weighted by atomic mass is 127. The van der Waals surface area contributed by atoms with E-state index >= 15 is 0 Å². The van der Waals surface area contributed by atoms with Gasteiger partial charge in [-0.25, -0.2) is 4.39 Å². The van der Waals surface area contributed by atoms with Gasteiger partial charge in [0.15, 0.2) is 0 Å². The second kappa shape index (κ2) is 6.00. The maximum Gasteiger partial charge on any atom is 0.293 e. The molecule has 1 N–H and O–H groups in total. The van der Waals surface area contributed by atoms with Crippen molar-refractivity contribution in [3.63, 3.8) is 0 Å². The summed E-state index contributed by atoms with van der Waals surface area (Å²) in [6, 6.07) is 3.09.